The van der Waals surface area contributed by atoms with Crippen LogP contribution in [0.5, 0.6) is 0 Å². The molecule has 0 aliphatic rings. The molecule has 0 unspecified atom stereocenters. The minimum Gasteiger partial charge on any atom is -0.352 e. The summed E-state index contributed by atoms with van der Waals surface area (Å²) >= 11 is 0. The van der Waals surface area contributed by atoms with Gasteiger partial charge in [-0.2, -0.15) is 0 Å². The van der Waals surface area contributed by atoms with Gasteiger partial charge in [0.2, 0.25) is 12.2 Å². The van der Waals surface area contributed by atoms with E-state index in [1.807, 2.05) is 43.3 Å². The Hall–Kier alpha value is -3.34. The molecule has 2 heterocycles. The number of fused-ring (bicyclic) bond motifs is 2. The van der Waals surface area contributed by atoms with E-state index in [9.17, 15) is 9.59 Å². The minimum atomic E-state index is -0.0910. The molecule has 0 aliphatic carbocycles. The van der Waals surface area contributed by atoms with Crippen LogP contribution >= 0.6 is 0 Å². The Morgan fingerprint density at radius 1 is 1.00 bits per heavy atom. The van der Waals surface area contributed by atoms with E-state index in [-0.39, 0.29) is 5.78 Å². The zero-order valence-corrected chi connectivity index (χ0v) is 13.0. The molecule has 5 heteroatoms. The average molecular weight is 317 g/mol. The monoisotopic (exact) mass is 317 g/mol. The van der Waals surface area contributed by atoms with Gasteiger partial charge in [-0.3, -0.25) is 9.59 Å². The number of aryl methyl sites for hydroxylation is 1. The predicted molar refractivity (Wildman–Crippen MR) is 94.5 cm³/mol. The van der Waals surface area contributed by atoms with Gasteiger partial charge in [0.05, 0.1) is 11.4 Å². The van der Waals surface area contributed by atoms with E-state index >= 15 is 0 Å². The third kappa shape index (κ3) is 2.27. The van der Waals surface area contributed by atoms with Crippen molar-refractivity contribution in [2.45, 2.75) is 6.92 Å². The Kier molecular flexibility index (Phi) is 3.20. The fourth-order valence-electron chi connectivity index (χ4n) is 2.98. The van der Waals surface area contributed by atoms with Crippen LogP contribution < -0.4 is 5.32 Å². The number of nitrogens with one attached hydrogen (secondary N) is 3. The normalized spacial score (nSPS) is 11.0. The lowest BCUT2D eigenvalue weighted by atomic mass is 10.1. The lowest BCUT2D eigenvalue weighted by Gasteiger charge is -1.97. The van der Waals surface area contributed by atoms with E-state index in [1.165, 1.54) is 0 Å². The van der Waals surface area contributed by atoms with Crippen LogP contribution in [-0.2, 0) is 4.79 Å². The molecule has 0 aliphatic heterocycles. The molecule has 0 saturated carbocycles. The Bertz CT molecular complexity index is 1090. The van der Waals surface area contributed by atoms with Crippen LogP contribution in [0.1, 0.15) is 21.7 Å². The summed E-state index contributed by atoms with van der Waals surface area (Å²) < 4.78 is 0. The molecule has 24 heavy (non-hydrogen) atoms. The maximum atomic E-state index is 12.8. The summed E-state index contributed by atoms with van der Waals surface area (Å²) in [6.45, 7) is 2.02. The molecule has 0 spiro atoms. The van der Waals surface area contributed by atoms with E-state index in [0.29, 0.717) is 23.5 Å². The SMILES string of the molecule is Cc1cccc2[nH]c(C(=O)c3cc4ccc(NC=O)cc4[nH]3)cc12. The quantitative estimate of drug-likeness (QED) is 0.396. The van der Waals surface area contributed by atoms with Gasteiger partial charge >= 0.3 is 0 Å². The largest absolute Gasteiger partial charge is 0.352 e. The highest BCUT2D eigenvalue weighted by Crippen LogP contribution is 2.24. The first kappa shape index (κ1) is 14.3. The second kappa shape index (κ2) is 5.38. The third-order valence-corrected chi connectivity index (χ3v) is 4.22. The molecule has 0 saturated heterocycles. The van der Waals surface area contributed by atoms with Gasteiger partial charge in [-0.25, -0.2) is 0 Å². The lowest BCUT2D eigenvalue weighted by molar-refractivity contribution is -0.105. The number of hydrogen-bond donors (Lipinski definition) is 3. The van der Waals surface area contributed by atoms with Gasteiger partial charge in [-0.15, -0.1) is 0 Å². The standard InChI is InChI=1S/C19H15N3O2/c1-11-3-2-4-15-14(11)9-18(21-15)19(24)17-7-12-5-6-13(20-10-23)8-16(12)22-17/h2-10,21-22H,1H3,(H,20,23). The molecule has 3 N–H and O–H groups in total. The topological polar surface area (TPSA) is 77.8 Å². The van der Waals surface area contributed by atoms with Crippen molar-refractivity contribution >= 4 is 39.7 Å². The zero-order chi connectivity index (χ0) is 16.7. The summed E-state index contributed by atoms with van der Waals surface area (Å²) in [6, 6.07) is 15.1. The second-order valence-electron chi connectivity index (χ2n) is 5.80. The van der Waals surface area contributed by atoms with Crippen LogP contribution in [0.2, 0.25) is 0 Å². The predicted octanol–water partition coefficient (Wildman–Crippen LogP) is 3.76. The van der Waals surface area contributed by atoms with Crippen molar-refractivity contribution in [3.05, 3.63) is 65.5 Å². The number of aromatic nitrogens is 2. The second-order valence-corrected chi connectivity index (χ2v) is 5.80. The molecule has 118 valence electrons. The number of ketones is 1. The first-order valence-corrected chi connectivity index (χ1v) is 7.62. The Morgan fingerprint density at radius 3 is 2.58 bits per heavy atom. The summed E-state index contributed by atoms with van der Waals surface area (Å²) in [7, 11) is 0. The van der Waals surface area contributed by atoms with E-state index in [0.717, 1.165) is 27.4 Å². The summed E-state index contributed by atoms with van der Waals surface area (Å²) in [5, 5.41) is 4.57. The molecule has 0 fully saturated rings. The maximum absolute atomic E-state index is 12.8. The van der Waals surface area contributed by atoms with Gasteiger partial charge in [-0.1, -0.05) is 18.2 Å². The van der Waals surface area contributed by atoms with Crippen molar-refractivity contribution in [3.63, 3.8) is 0 Å². The Balaban J connectivity index is 1.76. The first-order chi connectivity index (χ1) is 11.7. The van der Waals surface area contributed by atoms with Crippen molar-refractivity contribution in [2.24, 2.45) is 0 Å². The van der Waals surface area contributed by atoms with Gasteiger partial charge in [0.1, 0.15) is 0 Å². The molecule has 2 aromatic carbocycles. The van der Waals surface area contributed by atoms with Crippen molar-refractivity contribution in [2.75, 3.05) is 5.32 Å². The van der Waals surface area contributed by atoms with E-state index in [1.54, 1.807) is 12.1 Å². The summed E-state index contributed by atoms with van der Waals surface area (Å²) in [4.78, 5) is 29.6. The first-order valence-electron chi connectivity index (χ1n) is 7.62. The van der Waals surface area contributed by atoms with E-state index < -0.39 is 0 Å². The number of anilines is 1. The fraction of sp³-hybridized carbons (Fsp3) is 0.0526. The molecule has 0 bridgehead atoms. The van der Waals surface area contributed by atoms with Crippen LogP contribution in [0.3, 0.4) is 0 Å². The lowest BCUT2D eigenvalue weighted by Crippen LogP contribution is -2.01. The van der Waals surface area contributed by atoms with Crippen LogP contribution in [0, 0.1) is 6.92 Å². The highest BCUT2D eigenvalue weighted by atomic mass is 16.1. The van der Waals surface area contributed by atoms with Crippen LogP contribution in [-0.4, -0.2) is 22.2 Å². The van der Waals surface area contributed by atoms with E-state index in [2.05, 4.69) is 15.3 Å². The maximum Gasteiger partial charge on any atom is 0.225 e. The zero-order valence-electron chi connectivity index (χ0n) is 13.0. The molecule has 1 amide bonds. The van der Waals surface area contributed by atoms with E-state index in [4.69, 9.17) is 0 Å². The highest BCUT2D eigenvalue weighted by Gasteiger charge is 2.15. The molecule has 0 radical (unpaired) electrons. The number of carbonyl (C=O) groups excluding carboxylic acids is 2. The number of aromatic amines is 2. The van der Waals surface area contributed by atoms with Crippen molar-refractivity contribution in [3.8, 4) is 0 Å². The molecule has 5 nitrogen and oxygen atoms in total. The smallest absolute Gasteiger partial charge is 0.225 e. The number of rotatable bonds is 4. The summed E-state index contributed by atoms with van der Waals surface area (Å²) in [6.07, 6.45) is 0.628. The number of amides is 1. The summed E-state index contributed by atoms with van der Waals surface area (Å²) in [5.74, 6) is -0.0910. The van der Waals surface area contributed by atoms with Crippen molar-refractivity contribution in [1.29, 1.82) is 0 Å². The number of hydrogen-bond acceptors (Lipinski definition) is 2. The molecule has 4 rings (SSSR count). The number of H-pyrrole nitrogens is 2. The molecule has 2 aromatic heterocycles. The fourth-order valence-corrected chi connectivity index (χ4v) is 2.98. The number of benzene rings is 2. The van der Waals surface area contributed by atoms with Gasteiger partial charge in [0, 0.05) is 27.5 Å². The van der Waals surface area contributed by atoms with Crippen LogP contribution in [0.15, 0.2) is 48.5 Å². The Morgan fingerprint density at radius 2 is 1.79 bits per heavy atom. The van der Waals surface area contributed by atoms with Gasteiger partial charge < -0.3 is 15.3 Å². The highest BCUT2D eigenvalue weighted by molar-refractivity contribution is 6.11. The van der Waals surface area contributed by atoms with Crippen LogP contribution in [0.25, 0.3) is 21.8 Å². The third-order valence-electron chi connectivity index (χ3n) is 4.22. The molecule has 0 atom stereocenters. The van der Waals surface area contributed by atoms with Crippen molar-refractivity contribution in [1.82, 2.24) is 9.97 Å². The van der Waals surface area contributed by atoms with Crippen molar-refractivity contribution < 1.29 is 9.59 Å². The van der Waals surface area contributed by atoms with Gasteiger partial charge in [-0.05, 0) is 42.8 Å². The molecular weight excluding hydrogens is 302 g/mol. The molecule has 4 aromatic rings. The average Bonchev–Trinajstić information content (AvgIpc) is 3.18. The van der Waals surface area contributed by atoms with Gasteiger partial charge in [0.15, 0.2) is 0 Å². The van der Waals surface area contributed by atoms with Gasteiger partial charge in [0.25, 0.3) is 0 Å². The Labute approximate surface area is 137 Å². The summed E-state index contributed by atoms with van der Waals surface area (Å²) in [5.41, 5.74) is 4.63. The minimum absolute atomic E-state index is 0.0910. The number of carbonyl (C=O) groups is 2. The van der Waals surface area contributed by atoms with Crippen LogP contribution in [0.4, 0.5) is 5.69 Å². The molecular formula is C19H15N3O2.